The van der Waals surface area contributed by atoms with Crippen LogP contribution >= 0.6 is 34.4 Å². The SMILES string of the molecule is O=C(CSc1cccs1)Nc1nc2ccccc2s1. The van der Waals surface area contributed by atoms with E-state index in [0.29, 0.717) is 10.9 Å². The Morgan fingerprint density at radius 1 is 1.26 bits per heavy atom. The second kappa shape index (κ2) is 5.73. The summed E-state index contributed by atoms with van der Waals surface area (Å²) in [6.07, 6.45) is 0. The highest BCUT2D eigenvalue weighted by atomic mass is 32.2. The maximum atomic E-state index is 11.8. The minimum atomic E-state index is -0.0162. The molecule has 0 atom stereocenters. The number of thioether (sulfide) groups is 1. The van der Waals surface area contributed by atoms with Gasteiger partial charge in [-0.1, -0.05) is 29.5 Å². The van der Waals surface area contributed by atoms with Gasteiger partial charge >= 0.3 is 0 Å². The maximum Gasteiger partial charge on any atom is 0.236 e. The van der Waals surface area contributed by atoms with Crippen LogP contribution in [0.15, 0.2) is 46.0 Å². The number of anilines is 1. The number of thiazole rings is 1. The summed E-state index contributed by atoms with van der Waals surface area (Å²) in [5.74, 6) is 0.397. The second-order valence-corrected chi connectivity index (χ2v) is 7.01. The summed E-state index contributed by atoms with van der Waals surface area (Å²) in [6, 6.07) is 11.9. The van der Waals surface area contributed by atoms with Crippen LogP contribution in [0.3, 0.4) is 0 Å². The zero-order valence-corrected chi connectivity index (χ0v) is 12.3. The highest BCUT2D eigenvalue weighted by Crippen LogP contribution is 2.26. The monoisotopic (exact) mass is 306 g/mol. The van der Waals surface area contributed by atoms with Crippen LogP contribution in [0.25, 0.3) is 10.2 Å². The molecule has 2 aromatic heterocycles. The molecule has 3 rings (SSSR count). The molecule has 1 N–H and O–H groups in total. The van der Waals surface area contributed by atoms with E-state index in [4.69, 9.17) is 0 Å². The first-order valence-electron chi connectivity index (χ1n) is 5.63. The number of nitrogens with one attached hydrogen (secondary N) is 1. The summed E-state index contributed by atoms with van der Waals surface area (Å²) in [5.41, 5.74) is 0.925. The van der Waals surface area contributed by atoms with E-state index in [1.807, 2.05) is 41.8 Å². The van der Waals surface area contributed by atoms with E-state index in [1.165, 1.54) is 11.3 Å². The Hall–Kier alpha value is -1.37. The molecule has 0 radical (unpaired) electrons. The fourth-order valence-corrected chi connectivity index (χ4v) is 4.03. The zero-order chi connectivity index (χ0) is 13.1. The standard InChI is InChI=1S/C13H10N2OS3/c16-11(8-18-12-6-3-7-17-12)15-13-14-9-4-1-2-5-10(9)19-13/h1-7H,8H2,(H,14,15,16). The van der Waals surface area contributed by atoms with Crippen molar-refractivity contribution in [2.45, 2.75) is 4.21 Å². The van der Waals surface area contributed by atoms with Crippen LogP contribution in [0.2, 0.25) is 0 Å². The summed E-state index contributed by atoms with van der Waals surface area (Å²) in [7, 11) is 0. The molecular formula is C13H10N2OS3. The summed E-state index contributed by atoms with van der Waals surface area (Å²) >= 11 is 4.69. The van der Waals surface area contributed by atoms with Gasteiger partial charge in [0.1, 0.15) is 0 Å². The molecule has 2 heterocycles. The van der Waals surface area contributed by atoms with Crippen molar-refractivity contribution in [1.29, 1.82) is 0 Å². The van der Waals surface area contributed by atoms with Crippen molar-refractivity contribution in [2.24, 2.45) is 0 Å². The van der Waals surface area contributed by atoms with E-state index in [0.717, 1.165) is 14.4 Å². The molecule has 3 aromatic rings. The molecule has 3 nitrogen and oxygen atoms in total. The van der Waals surface area contributed by atoms with Gasteiger partial charge in [-0.15, -0.1) is 23.1 Å². The van der Waals surface area contributed by atoms with E-state index >= 15 is 0 Å². The Bertz CT molecular complexity index is 658. The van der Waals surface area contributed by atoms with Gasteiger partial charge in [0.15, 0.2) is 5.13 Å². The van der Waals surface area contributed by atoms with Crippen molar-refractivity contribution in [3.8, 4) is 0 Å². The third-order valence-corrected chi connectivity index (χ3v) is 5.46. The van der Waals surface area contributed by atoms with Crippen LogP contribution in [0.5, 0.6) is 0 Å². The molecule has 0 unspecified atom stereocenters. The number of aromatic nitrogens is 1. The summed E-state index contributed by atoms with van der Waals surface area (Å²) in [5, 5.41) is 5.52. The Morgan fingerprint density at radius 2 is 2.16 bits per heavy atom. The van der Waals surface area contributed by atoms with Gasteiger partial charge < -0.3 is 5.32 Å². The van der Waals surface area contributed by atoms with Crippen LogP contribution in [0, 0.1) is 0 Å². The Kier molecular flexibility index (Phi) is 3.82. The molecule has 6 heteroatoms. The van der Waals surface area contributed by atoms with Gasteiger partial charge in [0.25, 0.3) is 0 Å². The van der Waals surface area contributed by atoms with Gasteiger partial charge in [-0.25, -0.2) is 4.98 Å². The van der Waals surface area contributed by atoms with E-state index in [-0.39, 0.29) is 5.91 Å². The van der Waals surface area contributed by atoms with Gasteiger partial charge in [-0.05, 0) is 23.6 Å². The van der Waals surface area contributed by atoms with Gasteiger partial charge in [-0.2, -0.15) is 0 Å². The topological polar surface area (TPSA) is 42.0 Å². The molecule has 0 fully saturated rings. The van der Waals surface area contributed by atoms with E-state index in [1.54, 1.807) is 23.1 Å². The van der Waals surface area contributed by atoms with Crippen molar-refractivity contribution in [1.82, 2.24) is 4.98 Å². The molecule has 0 aliphatic carbocycles. The van der Waals surface area contributed by atoms with Gasteiger partial charge in [0.2, 0.25) is 5.91 Å². The molecule has 0 aliphatic rings. The lowest BCUT2D eigenvalue weighted by atomic mass is 10.3. The smallest absolute Gasteiger partial charge is 0.236 e. The average Bonchev–Trinajstić information content (AvgIpc) is 3.04. The molecule has 1 amide bonds. The Labute approximate surface area is 122 Å². The van der Waals surface area contributed by atoms with E-state index in [2.05, 4.69) is 10.3 Å². The highest BCUT2D eigenvalue weighted by Gasteiger charge is 2.08. The minimum absolute atomic E-state index is 0.0162. The number of nitrogens with zero attached hydrogens (tertiary/aromatic N) is 1. The number of carbonyl (C=O) groups is 1. The van der Waals surface area contributed by atoms with Gasteiger partial charge in [-0.3, -0.25) is 4.79 Å². The van der Waals surface area contributed by atoms with Crippen LogP contribution < -0.4 is 5.32 Å². The molecule has 1 aromatic carbocycles. The maximum absolute atomic E-state index is 11.8. The zero-order valence-electron chi connectivity index (χ0n) is 9.83. The molecule has 96 valence electrons. The normalized spacial score (nSPS) is 10.7. The number of amides is 1. The molecule has 0 saturated heterocycles. The second-order valence-electron chi connectivity index (χ2n) is 3.76. The summed E-state index contributed by atoms with van der Waals surface area (Å²) in [6.45, 7) is 0. The molecule has 0 spiro atoms. The van der Waals surface area contributed by atoms with Gasteiger partial charge in [0, 0.05) is 0 Å². The predicted molar refractivity (Wildman–Crippen MR) is 83.3 cm³/mol. The molecular weight excluding hydrogens is 296 g/mol. The lowest BCUT2D eigenvalue weighted by Crippen LogP contribution is -2.13. The highest BCUT2D eigenvalue weighted by molar-refractivity contribution is 8.01. The average molecular weight is 306 g/mol. The van der Waals surface area contributed by atoms with Crippen LogP contribution in [0.1, 0.15) is 0 Å². The number of thiophene rings is 1. The predicted octanol–water partition coefficient (Wildman–Crippen LogP) is 4.09. The number of fused-ring (bicyclic) bond motifs is 1. The lowest BCUT2D eigenvalue weighted by molar-refractivity contribution is -0.113. The fourth-order valence-electron chi connectivity index (χ4n) is 1.56. The number of benzene rings is 1. The third-order valence-electron chi connectivity index (χ3n) is 2.38. The lowest BCUT2D eigenvalue weighted by Gasteiger charge is -1.99. The van der Waals surface area contributed by atoms with Crippen molar-refractivity contribution < 1.29 is 4.79 Å². The van der Waals surface area contributed by atoms with Crippen molar-refractivity contribution in [3.05, 3.63) is 41.8 Å². The largest absolute Gasteiger partial charge is 0.301 e. The van der Waals surface area contributed by atoms with Crippen LogP contribution in [-0.2, 0) is 4.79 Å². The Balaban J connectivity index is 1.62. The summed E-state index contributed by atoms with van der Waals surface area (Å²) < 4.78 is 2.24. The molecule has 0 saturated carbocycles. The van der Waals surface area contributed by atoms with Crippen molar-refractivity contribution in [3.63, 3.8) is 0 Å². The minimum Gasteiger partial charge on any atom is -0.301 e. The number of carbonyl (C=O) groups excluding carboxylic acids is 1. The fraction of sp³-hybridized carbons (Fsp3) is 0.0769. The number of hydrogen-bond donors (Lipinski definition) is 1. The first-order valence-corrected chi connectivity index (χ1v) is 8.31. The number of rotatable bonds is 4. The third kappa shape index (κ3) is 3.15. The summed E-state index contributed by atoms with van der Waals surface area (Å²) in [4.78, 5) is 16.2. The Morgan fingerprint density at radius 3 is 2.95 bits per heavy atom. The van der Waals surface area contributed by atoms with E-state index < -0.39 is 0 Å². The van der Waals surface area contributed by atoms with Gasteiger partial charge in [0.05, 0.1) is 20.2 Å². The molecule has 0 bridgehead atoms. The van der Waals surface area contributed by atoms with Crippen molar-refractivity contribution >= 4 is 55.7 Å². The number of para-hydroxylation sites is 1. The quantitative estimate of drug-likeness (QED) is 0.738. The molecule has 19 heavy (non-hydrogen) atoms. The van der Waals surface area contributed by atoms with Crippen LogP contribution in [-0.4, -0.2) is 16.6 Å². The number of hydrogen-bond acceptors (Lipinski definition) is 5. The first-order chi connectivity index (χ1) is 9.31. The molecule has 0 aliphatic heterocycles. The van der Waals surface area contributed by atoms with E-state index in [9.17, 15) is 4.79 Å². The van der Waals surface area contributed by atoms with Crippen molar-refractivity contribution in [2.75, 3.05) is 11.1 Å². The first kappa shape index (κ1) is 12.7. The van der Waals surface area contributed by atoms with Crippen LogP contribution in [0.4, 0.5) is 5.13 Å².